The summed E-state index contributed by atoms with van der Waals surface area (Å²) in [7, 11) is 0. The first-order valence-electron chi connectivity index (χ1n) is 5.67. The van der Waals surface area contributed by atoms with Gasteiger partial charge in [0, 0.05) is 0 Å². The van der Waals surface area contributed by atoms with Crippen LogP contribution in [0.25, 0.3) is 0 Å². The lowest BCUT2D eigenvalue weighted by molar-refractivity contribution is -0.141. The first-order valence-corrected chi connectivity index (χ1v) is 5.67. The molecule has 0 amide bonds. The van der Waals surface area contributed by atoms with Gasteiger partial charge in [-0.05, 0) is 13.8 Å². The third-order valence-corrected chi connectivity index (χ3v) is 2.31. The normalized spacial score (nSPS) is 16.1. The highest BCUT2D eigenvalue weighted by atomic mass is 16.5. The van der Waals surface area contributed by atoms with Gasteiger partial charge in [-0.1, -0.05) is 25.3 Å². The van der Waals surface area contributed by atoms with E-state index >= 15 is 0 Å². The van der Waals surface area contributed by atoms with Crippen LogP contribution in [0.1, 0.15) is 13.8 Å². The Morgan fingerprint density at radius 2 is 1.68 bits per heavy atom. The fourth-order valence-electron chi connectivity index (χ4n) is 1.46. The zero-order chi connectivity index (χ0) is 14.5. The van der Waals surface area contributed by atoms with Gasteiger partial charge >= 0.3 is 11.9 Å². The molecule has 1 aliphatic heterocycles. The third-order valence-electron chi connectivity index (χ3n) is 2.31. The molecule has 1 rings (SSSR count). The Morgan fingerprint density at radius 1 is 1.16 bits per heavy atom. The highest BCUT2D eigenvalue weighted by Crippen LogP contribution is 2.33. The van der Waals surface area contributed by atoms with E-state index in [4.69, 9.17) is 9.47 Å². The number of nitrogens with zero attached hydrogens (tertiary/aromatic N) is 2. The van der Waals surface area contributed by atoms with Crippen molar-refractivity contribution in [3.05, 3.63) is 36.6 Å². The summed E-state index contributed by atoms with van der Waals surface area (Å²) in [5.74, 6) is -1.37. The Kier molecular flexibility index (Phi) is 4.74. The first-order chi connectivity index (χ1) is 8.94. The quantitative estimate of drug-likeness (QED) is 0.542. The second-order valence-electron chi connectivity index (χ2n) is 4.26. The lowest BCUT2D eigenvalue weighted by Crippen LogP contribution is -2.27. The van der Waals surface area contributed by atoms with Gasteiger partial charge < -0.3 is 9.47 Å². The van der Waals surface area contributed by atoms with E-state index in [1.54, 1.807) is 13.8 Å². The van der Waals surface area contributed by atoms with Crippen LogP contribution in [0.2, 0.25) is 0 Å². The van der Waals surface area contributed by atoms with E-state index in [-0.39, 0.29) is 24.5 Å². The molecule has 0 aromatic heterocycles. The molecule has 102 valence electrons. The van der Waals surface area contributed by atoms with Crippen molar-refractivity contribution in [3.63, 3.8) is 0 Å². The van der Waals surface area contributed by atoms with Crippen LogP contribution in [0, 0.1) is 0 Å². The van der Waals surface area contributed by atoms with Crippen molar-refractivity contribution in [3.8, 4) is 0 Å². The molecule has 0 unspecified atom stereocenters. The molecule has 0 fully saturated rings. The Labute approximate surface area is 111 Å². The maximum absolute atomic E-state index is 11.9. The molecule has 0 saturated heterocycles. The highest BCUT2D eigenvalue weighted by molar-refractivity contribution is 6.02. The van der Waals surface area contributed by atoms with E-state index in [9.17, 15) is 9.59 Å². The molecule has 0 radical (unpaired) electrons. The predicted octanol–water partition coefficient (Wildman–Crippen LogP) is 1.94. The van der Waals surface area contributed by atoms with Crippen molar-refractivity contribution in [2.75, 3.05) is 13.2 Å². The van der Waals surface area contributed by atoms with Gasteiger partial charge in [0.1, 0.15) is 24.3 Å². The van der Waals surface area contributed by atoms with Crippen molar-refractivity contribution < 1.29 is 19.1 Å². The van der Waals surface area contributed by atoms with E-state index in [1.807, 2.05) is 0 Å². The summed E-state index contributed by atoms with van der Waals surface area (Å²) in [6.45, 7) is 10.3. The summed E-state index contributed by atoms with van der Waals surface area (Å²) in [6.07, 6.45) is 2.86. The SMILES string of the molecule is C=CCOC(=O)C1=C(C(=O)OCC=C)C(C)(C)N=N1. The predicted molar refractivity (Wildman–Crippen MR) is 68.3 cm³/mol. The Morgan fingerprint density at radius 3 is 2.21 bits per heavy atom. The van der Waals surface area contributed by atoms with Gasteiger partial charge in [-0.3, -0.25) is 0 Å². The van der Waals surface area contributed by atoms with Gasteiger partial charge in [0.2, 0.25) is 0 Å². The van der Waals surface area contributed by atoms with Crippen molar-refractivity contribution in [2.24, 2.45) is 10.2 Å². The number of ether oxygens (including phenoxy) is 2. The molecule has 1 heterocycles. The molecular weight excluding hydrogens is 248 g/mol. The monoisotopic (exact) mass is 264 g/mol. The van der Waals surface area contributed by atoms with Gasteiger partial charge in [-0.2, -0.15) is 5.11 Å². The summed E-state index contributed by atoms with van der Waals surface area (Å²) < 4.78 is 9.79. The molecule has 0 aromatic carbocycles. The smallest absolute Gasteiger partial charge is 0.359 e. The number of esters is 2. The number of azo groups is 1. The summed E-state index contributed by atoms with van der Waals surface area (Å²) in [5.41, 5.74) is -0.954. The van der Waals surface area contributed by atoms with Gasteiger partial charge in [0.25, 0.3) is 0 Å². The minimum absolute atomic E-state index is 0.0350. The maximum atomic E-state index is 11.9. The average Bonchev–Trinajstić information content (AvgIpc) is 2.68. The molecule has 0 atom stereocenters. The minimum atomic E-state index is -0.916. The lowest BCUT2D eigenvalue weighted by Gasteiger charge is -2.16. The topological polar surface area (TPSA) is 77.3 Å². The van der Waals surface area contributed by atoms with Crippen molar-refractivity contribution >= 4 is 11.9 Å². The van der Waals surface area contributed by atoms with E-state index in [1.165, 1.54) is 12.2 Å². The summed E-state index contributed by atoms with van der Waals surface area (Å²) in [5, 5.41) is 7.61. The van der Waals surface area contributed by atoms with E-state index in [2.05, 4.69) is 23.4 Å². The summed E-state index contributed by atoms with van der Waals surface area (Å²) >= 11 is 0. The fraction of sp³-hybridized carbons (Fsp3) is 0.385. The Hall–Kier alpha value is -2.24. The van der Waals surface area contributed by atoms with Gasteiger partial charge in [0.05, 0.1) is 0 Å². The second kappa shape index (κ2) is 6.08. The van der Waals surface area contributed by atoms with Crippen molar-refractivity contribution in [2.45, 2.75) is 19.4 Å². The summed E-state index contributed by atoms with van der Waals surface area (Å²) in [6, 6.07) is 0. The molecule has 0 N–H and O–H groups in total. The molecule has 0 saturated carbocycles. The molecule has 0 aliphatic carbocycles. The van der Waals surface area contributed by atoms with Crippen LogP contribution >= 0.6 is 0 Å². The number of rotatable bonds is 6. The zero-order valence-corrected chi connectivity index (χ0v) is 11.0. The van der Waals surface area contributed by atoms with Gasteiger partial charge in [-0.25, -0.2) is 9.59 Å². The molecule has 6 nitrogen and oxygen atoms in total. The second-order valence-corrected chi connectivity index (χ2v) is 4.26. The number of carbonyl (C=O) groups excluding carboxylic acids is 2. The standard InChI is InChI=1S/C13H16N2O4/c1-5-7-18-11(16)9-10(12(17)19-8-6-2)14-15-13(9,3)4/h5-6H,1-2,7-8H2,3-4H3. The van der Waals surface area contributed by atoms with Crippen molar-refractivity contribution in [1.82, 2.24) is 0 Å². The van der Waals surface area contributed by atoms with Crippen LogP contribution in [0.15, 0.2) is 46.8 Å². The molecule has 6 heteroatoms. The fourth-order valence-corrected chi connectivity index (χ4v) is 1.46. The molecule has 0 spiro atoms. The molecule has 0 bridgehead atoms. The number of hydrogen-bond acceptors (Lipinski definition) is 6. The van der Waals surface area contributed by atoms with Crippen LogP contribution in [-0.2, 0) is 19.1 Å². The minimum Gasteiger partial charge on any atom is -0.458 e. The Bertz CT molecular complexity index is 475. The van der Waals surface area contributed by atoms with E-state index in [0.29, 0.717) is 0 Å². The molecule has 1 aliphatic rings. The first kappa shape index (κ1) is 14.8. The van der Waals surface area contributed by atoms with Crippen molar-refractivity contribution in [1.29, 1.82) is 0 Å². The van der Waals surface area contributed by atoms with Gasteiger partial charge in [-0.15, -0.1) is 5.11 Å². The molecule has 19 heavy (non-hydrogen) atoms. The molecule has 0 aromatic rings. The van der Waals surface area contributed by atoms with Crippen LogP contribution in [0.5, 0.6) is 0 Å². The largest absolute Gasteiger partial charge is 0.458 e. The lowest BCUT2D eigenvalue weighted by atomic mass is 9.94. The van der Waals surface area contributed by atoms with Crippen LogP contribution in [-0.4, -0.2) is 30.7 Å². The van der Waals surface area contributed by atoms with Crippen LogP contribution < -0.4 is 0 Å². The summed E-state index contributed by atoms with van der Waals surface area (Å²) in [4.78, 5) is 23.7. The third kappa shape index (κ3) is 3.37. The average molecular weight is 264 g/mol. The zero-order valence-electron chi connectivity index (χ0n) is 11.0. The maximum Gasteiger partial charge on any atom is 0.359 e. The highest BCUT2D eigenvalue weighted by Gasteiger charge is 2.40. The van der Waals surface area contributed by atoms with E-state index < -0.39 is 17.5 Å². The molecular formula is C13H16N2O4. The van der Waals surface area contributed by atoms with Gasteiger partial charge in [0.15, 0.2) is 5.70 Å². The van der Waals surface area contributed by atoms with Crippen LogP contribution in [0.3, 0.4) is 0 Å². The Balaban J connectivity index is 3.02. The van der Waals surface area contributed by atoms with E-state index in [0.717, 1.165) is 0 Å². The number of carbonyl (C=O) groups is 2. The number of hydrogen-bond donors (Lipinski definition) is 0. The van der Waals surface area contributed by atoms with Crippen LogP contribution in [0.4, 0.5) is 0 Å².